The maximum absolute atomic E-state index is 11.6. The highest BCUT2D eigenvalue weighted by Crippen LogP contribution is 2.06. The zero-order valence-corrected chi connectivity index (χ0v) is 9.37. The predicted molar refractivity (Wildman–Crippen MR) is 64.6 cm³/mol. The highest BCUT2D eigenvalue weighted by Gasteiger charge is 2.23. The normalized spacial score (nSPS) is 10.6. The van der Waals surface area contributed by atoms with E-state index in [0.717, 1.165) is 0 Å². The summed E-state index contributed by atoms with van der Waals surface area (Å²) in [6, 6.07) is 8.69. The molecule has 0 spiro atoms. The topological polar surface area (TPSA) is 91.0 Å². The molecular formula is C11H16N4O. The first-order valence-electron chi connectivity index (χ1n) is 4.90. The number of hydrogen-bond donors (Lipinski definition) is 4. The first-order valence-corrected chi connectivity index (χ1v) is 4.90. The van der Waals surface area contributed by atoms with Crippen LogP contribution in [0.2, 0.25) is 0 Å². The minimum atomic E-state index is -0.848. The van der Waals surface area contributed by atoms with E-state index in [1.54, 1.807) is 26.0 Å². The molecule has 5 nitrogen and oxygen atoms in total. The van der Waals surface area contributed by atoms with Crippen LogP contribution in [0.1, 0.15) is 13.8 Å². The number of para-hydroxylation sites is 1. The molecule has 1 aromatic rings. The van der Waals surface area contributed by atoms with E-state index in [9.17, 15) is 4.79 Å². The van der Waals surface area contributed by atoms with Gasteiger partial charge in [-0.3, -0.25) is 5.41 Å². The smallest absolute Gasteiger partial charge is 0.320 e. The van der Waals surface area contributed by atoms with E-state index in [0.29, 0.717) is 5.69 Å². The third-order valence-electron chi connectivity index (χ3n) is 2.13. The Hall–Kier alpha value is -2.04. The van der Waals surface area contributed by atoms with Gasteiger partial charge in [-0.15, -0.1) is 0 Å². The molecule has 0 aromatic heterocycles. The maximum atomic E-state index is 11.6. The Morgan fingerprint density at radius 3 is 2.38 bits per heavy atom. The second-order valence-electron chi connectivity index (χ2n) is 3.98. The monoisotopic (exact) mass is 220 g/mol. The van der Waals surface area contributed by atoms with E-state index in [4.69, 9.17) is 11.1 Å². The number of carbonyl (C=O) groups is 1. The summed E-state index contributed by atoms with van der Waals surface area (Å²) < 4.78 is 0. The van der Waals surface area contributed by atoms with E-state index in [2.05, 4.69) is 10.6 Å². The van der Waals surface area contributed by atoms with Crippen molar-refractivity contribution in [3.63, 3.8) is 0 Å². The lowest BCUT2D eigenvalue weighted by atomic mass is 10.1. The Morgan fingerprint density at radius 1 is 1.31 bits per heavy atom. The van der Waals surface area contributed by atoms with Gasteiger partial charge in [-0.2, -0.15) is 0 Å². The second-order valence-corrected chi connectivity index (χ2v) is 3.98. The molecule has 0 fully saturated rings. The minimum Gasteiger partial charge on any atom is -0.386 e. The number of carbonyl (C=O) groups excluding carboxylic acids is 1. The number of anilines is 1. The van der Waals surface area contributed by atoms with Crippen molar-refractivity contribution in [2.45, 2.75) is 19.4 Å². The Bertz CT molecular complexity index is 386. The molecule has 0 unspecified atom stereocenters. The molecule has 0 saturated heterocycles. The lowest BCUT2D eigenvalue weighted by Crippen LogP contribution is -2.53. The molecular weight excluding hydrogens is 204 g/mol. The van der Waals surface area contributed by atoms with Crippen LogP contribution >= 0.6 is 0 Å². The average Bonchev–Trinajstić information content (AvgIpc) is 2.17. The Kier molecular flexibility index (Phi) is 3.50. The van der Waals surface area contributed by atoms with Crippen LogP contribution < -0.4 is 16.4 Å². The van der Waals surface area contributed by atoms with Crippen molar-refractivity contribution < 1.29 is 4.79 Å². The molecule has 1 aromatic carbocycles. The van der Waals surface area contributed by atoms with Crippen LogP contribution in [0.25, 0.3) is 0 Å². The first-order chi connectivity index (χ1) is 7.42. The summed E-state index contributed by atoms with van der Waals surface area (Å²) in [5, 5.41) is 12.6. The molecule has 0 aliphatic rings. The molecule has 86 valence electrons. The standard InChI is InChI=1S/C11H16N4O/c1-11(2,9(12)13)15-10(16)14-8-6-4-3-5-7-8/h3-7H,1-2H3,(H3,12,13)(H2,14,15,16). The van der Waals surface area contributed by atoms with Gasteiger partial charge in [-0.1, -0.05) is 18.2 Å². The highest BCUT2D eigenvalue weighted by atomic mass is 16.2. The van der Waals surface area contributed by atoms with Crippen molar-refractivity contribution in [3.8, 4) is 0 Å². The summed E-state index contributed by atoms with van der Waals surface area (Å²) in [6.45, 7) is 3.33. The maximum Gasteiger partial charge on any atom is 0.320 e. The van der Waals surface area contributed by atoms with Crippen molar-refractivity contribution in [2.75, 3.05) is 5.32 Å². The Labute approximate surface area is 94.5 Å². The fourth-order valence-corrected chi connectivity index (χ4v) is 1.03. The van der Waals surface area contributed by atoms with E-state index in [1.165, 1.54) is 0 Å². The van der Waals surface area contributed by atoms with E-state index < -0.39 is 5.54 Å². The molecule has 0 bridgehead atoms. The van der Waals surface area contributed by atoms with Gasteiger partial charge in [0, 0.05) is 5.69 Å². The number of nitrogens with two attached hydrogens (primary N) is 1. The van der Waals surface area contributed by atoms with Crippen LogP contribution in [-0.2, 0) is 0 Å². The summed E-state index contributed by atoms with van der Waals surface area (Å²) in [6.07, 6.45) is 0. The summed E-state index contributed by atoms with van der Waals surface area (Å²) in [5.41, 5.74) is 5.20. The summed E-state index contributed by atoms with van der Waals surface area (Å²) in [5.74, 6) is -0.0873. The molecule has 0 aliphatic heterocycles. The lowest BCUT2D eigenvalue weighted by molar-refractivity contribution is 0.247. The molecule has 1 rings (SSSR count). The van der Waals surface area contributed by atoms with Gasteiger partial charge in [-0.25, -0.2) is 4.79 Å². The molecule has 0 atom stereocenters. The fourth-order valence-electron chi connectivity index (χ4n) is 1.03. The third-order valence-corrected chi connectivity index (χ3v) is 2.13. The number of urea groups is 1. The van der Waals surface area contributed by atoms with Gasteiger partial charge in [0.2, 0.25) is 0 Å². The number of amidine groups is 1. The SMILES string of the molecule is CC(C)(NC(=O)Nc1ccccc1)C(=N)N. The average molecular weight is 220 g/mol. The van der Waals surface area contributed by atoms with Crippen LogP contribution in [0.5, 0.6) is 0 Å². The predicted octanol–water partition coefficient (Wildman–Crippen LogP) is 1.52. The van der Waals surface area contributed by atoms with Gasteiger partial charge >= 0.3 is 6.03 Å². The molecule has 16 heavy (non-hydrogen) atoms. The third kappa shape index (κ3) is 3.27. The van der Waals surface area contributed by atoms with Crippen LogP contribution in [-0.4, -0.2) is 17.4 Å². The quantitative estimate of drug-likeness (QED) is 0.459. The van der Waals surface area contributed by atoms with Gasteiger partial charge in [0.1, 0.15) is 5.84 Å². The number of hydrogen-bond acceptors (Lipinski definition) is 2. The van der Waals surface area contributed by atoms with Crippen LogP contribution in [0.3, 0.4) is 0 Å². The fraction of sp³-hybridized carbons (Fsp3) is 0.273. The summed E-state index contributed by atoms with van der Waals surface area (Å²) >= 11 is 0. The molecule has 5 heteroatoms. The molecule has 0 saturated carbocycles. The highest BCUT2D eigenvalue weighted by molar-refractivity contribution is 5.95. The van der Waals surface area contributed by atoms with Crippen LogP contribution in [0, 0.1) is 5.41 Å². The lowest BCUT2D eigenvalue weighted by Gasteiger charge is -2.24. The zero-order chi connectivity index (χ0) is 12.2. The number of nitrogens with one attached hydrogen (secondary N) is 3. The van der Waals surface area contributed by atoms with Crippen molar-refractivity contribution in [1.29, 1.82) is 5.41 Å². The van der Waals surface area contributed by atoms with Crippen molar-refractivity contribution in [3.05, 3.63) is 30.3 Å². The Morgan fingerprint density at radius 2 is 1.88 bits per heavy atom. The van der Waals surface area contributed by atoms with Crippen molar-refractivity contribution in [1.82, 2.24) is 5.32 Å². The zero-order valence-electron chi connectivity index (χ0n) is 9.37. The van der Waals surface area contributed by atoms with Crippen molar-refractivity contribution in [2.24, 2.45) is 5.73 Å². The van der Waals surface area contributed by atoms with Gasteiger partial charge in [0.25, 0.3) is 0 Å². The number of benzene rings is 1. The summed E-state index contributed by atoms with van der Waals surface area (Å²) in [7, 11) is 0. The van der Waals surface area contributed by atoms with E-state index >= 15 is 0 Å². The minimum absolute atomic E-state index is 0.0873. The first kappa shape index (κ1) is 12.0. The van der Waals surface area contributed by atoms with Crippen LogP contribution in [0.15, 0.2) is 30.3 Å². The van der Waals surface area contributed by atoms with E-state index in [-0.39, 0.29) is 11.9 Å². The largest absolute Gasteiger partial charge is 0.386 e. The van der Waals surface area contributed by atoms with E-state index in [1.807, 2.05) is 18.2 Å². The van der Waals surface area contributed by atoms with Gasteiger partial charge in [-0.05, 0) is 26.0 Å². The Balaban J connectivity index is 2.58. The molecule has 2 amide bonds. The molecule has 0 aliphatic carbocycles. The van der Waals surface area contributed by atoms with Crippen molar-refractivity contribution >= 4 is 17.6 Å². The van der Waals surface area contributed by atoms with Crippen LogP contribution in [0.4, 0.5) is 10.5 Å². The molecule has 0 radical (unpaired) electrons. The van der Waals surface area contributed by atoms with Gasteiger partial charge < -0.3 is 16.4 Å². The second kappa shape index (κ2) is 4.65. The molecule has 5 N–H and O–H groups in total. The molecule has 0 heterocycles. The van der Waals surface area contributed by atoms with Gasteiger partial charge in [0.05, 0.1) is 5.54 Å². The summed E-state index contributed by atoms with van der Waals surface area (Å²) in [4.78, 5) is 11.6. The van der Waals surface area contributed by atoms with Gasteiger partial charge in [0.15, 0.2) is 0 Å². The number of amides is 2. The number of rotatable bonds is 3.